The molecule has 0 saturated heterocycles. The summed E-state index contributed by atoms with van der Waals surface area (Å²) in [6.45, 7) is 6.62. The van der Waals surface area contributed by atoms with Gasteiger partial charge in [-0.25, -0.2) is 9.59 Å². The first-order valence-electron chi connectivity index (χ1n) is 10.6. The number of hydrogen-bond acceptors (Lipinski definition) is 5. The maximum absolute atomic E-state index is 12.5. The molecule has 0 bridgehead atoms. The SMILES string of the molecule is CC(C)(C)OC(=O)CC[C@@](C)(NC(=O)OCC1c2ccccc2-c2ccccc21)C(=O)O. The van der Waals surface area contributed by atoms with Crippen LogP contribution in [0.2, 0.25) is 0 Å². The third-order valence-electron chi connectivity index (χ3n) is 5.44. The van der Waals surface area contributed by atoms with Gasteiger partial charge in [-0.15, -0.1) is 0 Å². The van der Waals surface area contributed by atoms with E-state index in [4.69, 9.17) is 9.47 Å². The Bertz CT molecular complexity index is 980. The number of esters is 1. The van der Waals surface area contributed by atoms with Crippen molar-refractivity contribution >= 4 is 18.0 Å². The Morgan fingerprint density at radius 3 is 1.97 bits per heavy atom. The summed E-state index contributed by atoms with van der Waals surface area (Å²) < 4.78 is 10.7. The number of carbonyl (C=O) groups is 3. The Morgan fingerprint density at radius 2 is 1.47 bits per heavy atom. The van der Waals surface area contributed by atoms with Crippen molar-refractivity contribution in [1.29, 1.82) is 0 Å². The van der Waals surface area contributed by atoms with Gasteiger partial charge in [0.25, 0.3) is 0 Å². The second-order valence-corrected chi connectivity index (χ2v) is 9.17. The summed E-state index contributed by atoms with van der Waals surface area (Å²) in [5, 5.41) is 12.1. The molecule has 2 N–H and O–H groups in total. The number of nitrogens with one attached hydrogen (secondary N) is 1. The van der Waals surface area contributed by atoms with Crippen molar-refractivity contribution in [2.24, 2.45) is 0 Å². The van der Waals surface area contributed by atoms with Crippen molar-refractivity contribution in [1.82, 2.24) is 5.32 Å². The van der Waals surface area contributed by atoms with E-state index in [0.29, 0.717) is 0 Å². The lowest BCUT2D eigenvalue weighted by molar-refractivity contribution is -0.155. The quantitative estimate of drug-likeness (QED) is 0.617. The van der Waals surface area contributed by atoms with Gasteiger partial charge < -0.3 is 19.9 Å². The molecule has 0 spiro atoms. The molecule has 1 aliphatic rings. The van der Waals surface area contributed by atoms with E-state index in [-0.39, 0.29) is 25.4 Å². The van der Waals surface area contributed by atoms with Crippen LogP contribution in [0.1, 0.15) is 57.6 Å². The second-order valence-electron chi connectivity index (χ2n) is 9.17. The summed E-state index contributed by atoms with van der Waals surface area (Å²) in [5.41, 5.74) is 1.99. The van der Waals surface area contributed by atoms with E-state index in [1.54, 1.807) is 20.8 Å². The number of amides is 1. The zero-order valence-electron chi connectivity index (χ0n) is 18.8. The molecule has 7 nitrogen and oxygen atoms in total. The number of aliphatic carboxylic acids is 1. The highest BCUT2D eigenvalue weighted by Gasteiger charge is 2.37. The average Bonchev–Trinajstić information content (AvgIpc) is 3.03. The first kappa shape index (κ1) is 23.3. The van der Waals surface area contributed by atoms with Crippen LogP contribution in [0.25, 0.3) is 11.1 Å². The van der Waals surface area contributed by atoms with Gasteiger partial charge in [-0.05, 0) is 56.4 Å². The molecule has 32 heavy (non-hydrogen) atoms. The lowest BCUT2D eigenvalue weighted by Crippen LogP contribution is -2.52. The zero-order chi connectivity index (χ0) is 23.5. The van der Waals surface area contributed by atoms with E-state index in [2.05, 4.69) is 5.32 Å². The molecular weight excluding hydrogens is 410 g/mol. The number of benzene rings is 2. The van der Waals surface area contributed by atoms with Gasteiger partial charge in [0.1, 0.15) is 17.7 Å². The van der Waals surface area contributed by atoms with E-state index in [9.17, 15) is 19.5 Å². The smallest absolute Gasteiger partial charge is 0.408 e. The first-order valence-corrected chi connectivity index (χ1v) is 10.6. The van der Waals surface area contributed by atoms with Crippen LogP contribution in [0, 0.1) is 0 Å². The van der Waals surface area contributed by atoms with Gasteiger partial charge in [0, 0.05) is 12.3 Å². The molecule has 2 aromatic rings. The molecule has 170 valence electrons. The van der Waals surface area contributed by atoms with Gasteiger partial charge >= 0.3 is 18.0 Å². The molecule has 0 heterocycles. The zero-order valence-corrected chi connectivity index (χ0v) is 18.8. The summed E-state index contributed by atoms with van der Waals surface area (Å²) in [5.74, 6) is -1.92. The Kier molecular flexibility index (Phi) is 6.57. The van der Waals surface area contributed by atoms with E-state index in [0.717, 1.165) is 22.3 Å². The third-order valence-corrected chi connectivity index (χ3v) is 5.44. The Labute approximate surface area is 187 Å². The van der Waals surface area contributed by atoms with Crippen LogP contribution in [-0.4, -0.2) is 40.9 Å². The number of ether oxygens (including phenoxy) is 2. The standard InChI is InChI=1S/C25H29NO6/c1-24(2,3)32-21(27)13-14-25(4,22(28)29)26-23(30)31-15-20-18-11-7-5-9-16(18)17-10-6-8-12-19(17)20/h5-12,20H,13-15H2,1-4H3,(H,26,30)(H,28,29)/t25-/m1/s1. The monoisotopic (exact) mass is 439 g/mol. The largest absolute Gasteiger partial charge is 0.480 e. The Morgan fingerprint density at radius 1 is 0.938 bits per heavy atom. The van der Waals surface area contributed by atoms with Crippen molar-refractivity contribution in [3.8, 4) is 11.1 Å². The number of hydrogen-bond donors (Lipinski definition) is 2. The maximum atomic E-state index is 12.5. The van der Waals surface area contributed by atoms with Gasteiger partial charge in [0.15, 0.2) is 0 Å². The normalized spacial score (nSPS) is 14.6. The number of carboxylic acid groups (broad SMARTS) is 1. The molecule has 7 heteroatoms. The van der Waals surface area contributed by atoms with Gasteiger partial charge in [-0.2, -0.15) is 0 Å². The average molecular weight is 440 g/mol. The van der Waals surface area contributed by atoms with Crippen molar-refractivity contribution in [3.05, 3.63) is 59.7 Å². The molecule has 1 aliphatic carbocycles. The van der Waals surface area contributed by atoms with Crippen LogP contribution in [0.15, 0.2) is 48.5 Å². The highest BCUT2D eigenvalue weighted by molar-refractivity contribution is 5.85. The molecule has 0 aromatic heterocycles. The number of rotatable bonds is 7. The minimum absolute atomic E-state index is 0.0711. The van der Waals surface area contributed by atoms with Crippen LogP contribution in [0.5, 0.6) is 0 Å². The van der Waals surface area contributed by atoms with Crippen molar-refractivity contribution in [2.45, 2.75) is 57.6 Å². The summed E-state index contributed by atoms with van der Waals surface area (Å²) in [7, 11) is 0. The second kappa shape index (κ2) is 9.02. The third kappa shape index (κ3) is 5.28. The fraction of sp³-hybridized carbons (Fsp3) is 0.400. The summed E-state index contributed by atoms with van der Waals surface area (Å²) in [6.07, 6.45) is -1.12. The molecule has 1 atom stereocenters. The van der Waals surface area contributed by atoms with Gasteiger partial charge in [-0.3, -0.25) is 4.79 Å². The van der Waals surface area contributed by atoms with Crippen LogP contribution in [-0.2, 0) is 19.1 Å². The highest BCUT2D eigenvalue weighted by atomic mass is 16.6. The van der Waals surface area contributed by atoms with Crippen LogP contribution in [0.3, 0.4) is 0 Å². The van der Waals surface area contributed by atoms with Crippen LogP contribution in [0.4, 0.5) is 4.79 Å². The molecule has 0 unspecified atom stereocenters. The van der Waals surface area contributed by atoms with E-state index in [1.807, 2.05) is 48.5 Å². The van der Waals surface area contributed by atoms with Crippen LogP contribution >= 0.6 is 0 Å². The van der Waals surface area contributed by atoms with Crippen molar-refractivity contribution in [3.63, 3.8) is 0 Å². The maximum Gasteiger partial charge on any atom is 0.408 e. The fourth-order valence-corrected chi connectivity index (χ4v) is 3.83. The lowest BCUT2D eigenvalue weighted by atomic mass is 9.96. The predicted octanol–water partition coefficient (Wildman–Crippen LogP) is 4.49. The van der Waals surface area contributed by atoms with E-state index in [1.165, 1.54) is 6.92 Å². The van der Waals surface area contributed by atoms with Gasteiger partial charge in [0.05, 0.1) is 0 Å². The molecule has 0 saturated carbocycles. The summed E-state index contributed by atoms with van der Waals surface area (Å²) in [6, 6.07) is 15.9. The Balaban J connectivity index is 1.64. The van der Waals surface area contributed by atoms with E-state index >= 15 is 0 Å². The number of carboxylic acids is 1. The molecule has 0 aliphatic heterocycles. The molecule has 0 fully saturated rings. The minimum atomic E-state index is -1.67. The molecule has 3 rings (SSSR count). The highest BCUT2D eigenvalue weighted by Crippen LogP contribution is 2.44. The molecule has 1 amide bonds. The van der Waals surface area contributed by atoms with Crippen molar-refractivity contribution in [2.75, 3.05) is 6.61 Å². The van der Waals surface area contributed by atoms with Crippen LogP contribution < -0.4 is 5.32 Å². The topological polar surface area (TPSA) is 102 Å². The predicted molar refractivity (Wildman–Crippen MR) is 119 cm³/mol. The number of alkyl carbamates (subject to hydrolysis) is 1. The summed E-state index contributed by atoms with van der Waals surface area (Å²) in [4.78, 5) is 36.3. The minimum Gasteiger partial charge on any atom is -0.480 e. The number of carbonyl (C=O) groups excluding carboxylic acids is 2. The van der Waals surface area contributed by atoms with Gasteiger partial charge in [-0.1, -0.05) is 48.5 Å². The summed E-state index contributed by atoms with van der Waals surface area (Å²) >= 11 is 0. The lowest BCUT2D eigenvalue weighted by Gasteiger charge is -2.27. The molecule has 0 radical (unpaired) electrons. The van der Waals surface area contributed by atoms with E-state index < -0.39 is 29.2 Å². The number of fused-ring (bicyclic) bond motifs is 3. The molecular formula is C25H29NO6. The molecule has 2 aromatic carbocycles. The fourth-order valence-electron chi connectivity index (χ4n) is 3.83. The van der Waals surface area contributed by atoms with Gasteiger partial charge in [0.2, 0.25) is 0 Å². The first-order chi connectivity index (χ1) is 15.0. The van der Waals surface area contributed by atoms with Crippen molar-refractivity contribution < 1.29 is 29.0 Å². The Hall–Kier alpha value is -3.35.